The van der Waals surface area contributed by atoms with E-state index in [-0.39, 0.29) is 0 Å². The van der Waals surface area contributed by atoms with E-state index in [0.29, 0.717) is 0 Å². The first-order valence-electron chi connectivity index (χ1n) is 4.92. The number of allylic oxidation sites excluding steroid dienone is 2. The fraction of sp³-hybridized carbons (Fsp3) is 0.818. The molecule has 0 aromatic carbocycles. The Morgan fingerprint density at radius 1 is 1.55 bits per heavy atom. The summed E-state index contributed by atoms with van der Waals surface area (Å²) in [7, 11) is 0. The Morgan fingerprint density at radius 2 is 2.27 bits per heavy atom. The first-order valence-corrected chi connectivity index (χ1v) is 4.92. The molecule has 0 radical (unpaired) electrons. The zero-order chi connectivity index (χ0) is 8.27. The molecule has 0 nitrogen and oxygen atoms in total. The predicted octanol–water partition coefficient (Wildman–Crippen LogP) is 3.78. The number of hydrogen-bond acceptors (Lipinski definition) is 0. The molecule has 0 saturated carbocycles. The summed E-state index contributed by atoms with van der Waals surface area (Å²) < 4.78 is 0. The summed E-state index contributed by atoms with van der Waals surface area (Å²) in [6, 6.07) is 0. The summed E-state index contributed by atoms with van der Waals surface area (Å²) >= 11 is 0. The molecule has 0 heteroatoms. The first kappa shape index (κ1) is 8.83. The van der Waals surface area contributed by atoms with Gasteiger partial charge in [-0.05, 0) is 37.5 Å². The van der Waals surface area contributed by atoms with Crippen molar-refractivity contribution in [2.75, 3.05) is 0 Å². The highest BCUT2D eigenvalue weighted by molar-refractivity contribution is 5.05. The Hall–Kier alpha value is -0.260. The van der Waals surface area contributed by atoms with E-state index in [1.165, 1.54) is 25.7 Å². The minimum absolute atomic E-state index is 0.879. The lowest BCUT2D eigenvalue weighted by Crippen LogP contribution is -2.11. The Morgan fingerprint density at radius 3 is 2.64 bits per heavy atom. The van der Waals surface area contributed by atoms with Crippen LogP contribution in [0.3, 0.4) is 0 Å². The molecule has 0 N–H and O–H groups in total. The van der Waals surface area contributed by atoms with Gasteiger partial charge in [0.1, 0.15) is 0 Å². The molecule has 0 bridgehead atoms. The smallest absolute Gasteiger partial charge is 0.0317 e. The average Bonchev–Trinajstić information content (AvgIpc) is 2.05. The summed E-state index contributed by atoms with van der Waals surface area (Å²) in [4.78, 5) is 0. The first-order chi connectivity index (χ1) is 5.24. The molecule has 0 unspecified atom stereocenters. The zero-order valence-electron chi connectivity index (χ0n) is 8.06. The van der Waals surface area contributed by atoms with E-state index in [2.05, 4.69) is 26.8 Å². The second-order valence-corrected chi connectivity index (χ2v) is 3.99. The van der Waals surface area contributed by atoms with E-state index in [1.54, 1.807) is 5.57 Å². The topological polar surface area (TPSA) is 0 Å². The quantitative estimate of drug-likeness (QED) is 0.528. The van der Waals surface area contributed by atoms with Crippen LogP contribution in [0.1, 0.15) is 46.5 Å². The van der Waals surface area contributed by atoms with Gasteiger partial charge in [-0.1, -0.05) is 32.4 Å². The van der Waals surface area contributed by atoms with Crippen LogP contribution in [-0.2, 0) is 0 Å². The van der Waals surface area contributed by atoms with Gasteiger partial charge in [0, 0.05) is 0 Å². The zero-order valence-corrected chi connectivity index (χ0v) is 8.06. The summed E-state index contributed by atoms with van der Waals surface area (Å²) in [6.45, 7) is 6.95. The molecule has 0 aromatic heterocycles. The van der Waals surface area contributed by atoms with Gasteiger partial charge in [0.2, 0.25) is 0 Å². The van der Waals surface area contributed by atoms with Crippen LogP contribution < -0.4 is 0 Å². The summed E-state index contributed by atoms with van der Waals surface area (Å²) in [5.74, 6) is 1.84. The predicted molar refractivity (Wildman–Crippen MR) is 50.6 cm³/mol. The fourth-order valence-corrected chi connectivity index (χ4v) is 1.84. The van der Waals surface area contributed by atoms with Gasteiger partial charge in [0.25, 0.3) is 0 Å². The molecule has 1 atom stereocenters. The third-order valence-corrected chi connectivity index (χ3v) is 2.94. The monoisotopic (exact) mass is 152 g/mol. The van der Waals surface area contributed by atoms with Crippen molar-refractivity contribution in [2.24, 2.45) is 11.8 Å². The molecule has 1 rings (SSSR count). The lowest BCUT2D eigenvalue weighted by Gasteiger charge is -2.24. The average molecular weight is 152 g/mol. The molecule has 0 aliphatic heterocycles. The highest BCUT2D eigenvalue weighted by Crippen LogP contribution is 2.29. The minimum Gasteiger partial charge on any atom is -0.0851 e. The molecule has 0 aromatic rings. The Balaban J connectivity index is 2.41. The molecule has 11 heavy (non-hydrogen) atoms. The van der Waals surface area contributed by atoms with Crippen LogP contribution in [0.4, 0.5) is 0 Å². The van der Waals surface area contributed by atoms with Gasteiger partial charge in [-0.3, -0.25) is 0 Å². The van der Waals surface area contributed by atoms with Gasteiger partial charge in [0.15, 0.2) is 0 Å². The molecule has 1 aliphatic carbocycles. The van der Waals surface area contributed by atoms with E-state index < -0.39 is 0 Å². The second-order valence-electron chi connectivity index (χ2n) is 3.99. The molecule has 0 spiro atoms. The van der Waals surface area contributed by atoms with E-state index >= 15 is 0 Å². The molecule has 0 amide bonds. The number of hydrogen-bond donors (Lipinski definition) is 0. The van der Waals surface area contributed by atoms with Crippen LogP contribution in [-0.4, -0.2) is 0 Å². The van der Waals surface area contributed by atoms with Gasteiger partial charge in [-0.25, -0.2) is 0 Å². The Kier molecular flexibility index (Phi) is 3.16. The Bertz CT molecular complexity index is 142. The maximum Gasteiger partial charge on any atom is -0.0317 e. The van der Waals surface area contributed by atoms with Gasteiger partial charge >= 0.3 is 0 Å². The third kappa shape index (κ3) is 2.36. The van der Waals surface area contributed by atoms with E-state index in [1.807, 2.05) is 0 Å². The molecule has 0 saturated heterocycles. The van der Waals surface area contributed by atoms with E-state index in [0.717, 1.165) is 11.8 Å². The van der Waals surface area contributed by atoms with E-state index in [4.69, 9.17) is 0 Å². The van der Waals surface area contributed by atoms with Crippen molar-refractivity contribution >= 4 is 0 Å². The molecule has 0 heterocycles. The highest BCUT2D eigenvalue weighted by atomic mass is 14.2. The highest BCUT2D eigenvalue weighted by Gasteiger charge is 2.15. The van der Waals surface area contributed by atoms with Gasteiger partial charge in [0.05, 0.1) is 0 Å². The van der Waals surface area contributed by atoms with Crippen LogP contribution >= 0.6 is 0 Å². The van der Waals surface area contributed by atoms with E-state index in [9.17, 15) is 0 Å². The summed E-state index contributed by atoms with van der Waals surface area (Å²) in [5.41, 5.74) is 1.68. The molecule has 1 aliphatic rings. The second kappa shape index (κ2) is 3.94. The summed E-state index contributed by atoms with van der Waals surface area (Å²) in [6.07, 6.45) is 7.86. The summed E-state index contributed by atoms with van der Waals surface area (Å²) in [5, 5.41) is 0. The standard InChI is InChI=1S/C11H20/c1-4-10-5-7-11(8-6-10)9(2)3/h5,9,11H,4,6-8H2,1-3H3/t11-/m0/s1. The normalized spacial score (nSPS) is 25.5. The molecular formula is C11H20. The van der Waals surface area contributed by atoms with Crippen molar-refractivity contribution in [3.63, 3.8) is 0 Å². The third-order valence-electron chi connectivity index (χ3n) is 2.94. The van der Waals surface area contributed by atoms with Crippen LogP contribution in [0.2, 0.25) is 0 Å². The van der Waals surface area contributed by atoms with Crippen molar-refractivity contribution in [3.05, 3.63) is 11.6 Å². The van der Waals surface area contributed by atoms with Crippen LogP contribution in [0.15, 0.2) is 11.6 Å². The molecule has 0 fully saturated rings. The maximum absolute atomic E-state index is 2.47. The van der Waals surface area contributed by atoms with Crippen LogP contribution in [0, 0.1) is 11.8 Å². The van der Waals surface area contributed by atoms with Crippen molar-refractivity contribution in [1.29, 1.82) is 0 Å². The van der Waals surface area contributed by atoms with Crippen LogP contribution in [0.5, 0.6) is 0 Å². The lowest BCUT2D eigenvalue weighted by molar-refractivity contribution is 0.349. The Labute approximate surface area is 70.7 Å². The molecule has 64 valence electrons. The van der Waals surface area contributed by atoms with Crippen molar-refractivity contribution in [1.82, 2.24) is 0 Å². The van der Waals surface area contributed by atoms with Crippen molar-refractivity contribution in [3.8, 4) is 0 Å². The van der Waals surface area contributed by atoms with Gasteiger partial charge in [-0.2, -0.15) is 0 Å². The number of rotatable bonds is 2. The largest absolute Gasteiger partial charge is 0.0851 e. The van der Waals surface area contributed by atoms with Gasteiger partial charge < -0.3 is 0 Å². The van der Waals surface area contributed by atoms with Crippen molar-refractivity contribution < 1.29 is 0 Å². The van der Waals surface area contributed by atoms with Crippen LogP contribution in [0.25, 0.3) is 0 Å². The SMILES string of the molecule is CCC1=CC[C@H](C(C)C)CC1. The fourth-order valence-electron chi connectivity index (χ4n) is 1.84. The van der Waals surface area contributed by atoms with Gasteiger partial charge in [-0.15, -0.1) is 0 Å². The maximum atomic E-state index is 2.47. The van der Waals surface area contributed by atoms with Crippen molar-refractivity contribution in [2.45, 2.75) is 46.5 Å². The molecular weight excluding hydrogens is 132 g/mol. The lowest BCUT2D eigenvalue weighted by atomic mass is 9.82. The minimum atomic E-state index is 0.879.